The van der Waals surface area contributed by atoms with Gasteiger partial charge in [0, 0.05) is 48.7 Å². The quantitative estimate of drug-likeness (QED) is 0.471. The minimum Gasteiger partial charge on any atom is -0.465 e. The number of rotatable bonds is 5. The molecule has 2 amide bonds. The summed E-state index contributed by atoms with van der Waals surface area (Å²) in [6.07, 6.45) is 2.48. The van der Waals surface area contributed by atoms with Gasteiger partial charge in [0.05, 0.1) is 5.69 Å². The average molecular weight is 461 g/mol. The van der Waals surface area contributed by atoms with Crippen molar-refractivity contribution in [1.29, 1.82) is 0 Å². The molecule has 2 N–H and O–H groups in total. The fourth-order valence-electron chi connectivity index (χ4n) is 4.81. The van der Waals surface area contributed by atoms with Crippen LogP contribution >= 0.6 is 0 Å². The van der Waals surface area contributed by atoms with E-state index in [-0.39, 0.29) is 18.4 Å². The van der Waals surface area contributed by atoms with Crippen LogP contribution in [0.4, 0.5) is 4.79 Å². The Balaban J connectivity index is 1.44. The molecule has 1 aliphatic rings. The van der Waals surface area contributed by atoms with Crippen LogP contribution < -0.4 is 0 Å². The number of H-pyrrole nitrogens is 1. The smallest absolute Gasteiger partial charge is 0.407 e. The van der Waals surface area contributed by atoms with Crippen molar-refractivity contribution in [2.75, 3.05) is 26.7 Å². The van der Waals surface area contributed by atoms with Gasteiger partial charge in [-0.15, -0.1) is 0 Å². The summed E-state index contributed by atoms with van der Waals surface area (Å²) in [5, 5.41) is 14.5. The SMILES string of the molecule is Cc1cc(-c2[nH]c3ccc(C4CN(C(=O)CN(C)C(=O)O)C4)cc3c2C(C)C)cn2ncnc12. The molecule has 5 rings (SSSR count). The zero-order chi connectivity index (χ0) is 24.1. The molecular weight excluding hydrogens is 432 g/mol. The summed E-state index contributed by atoms with van der Waals surface area (Å²) in [6, 6.07) is 8.62. The lowest BCUT2D eigenvalue weighted by Crippen LogP contribution is -2.51. The van der Waals surface area contributed by atoms with Gasteiger partial charge < -0.3 is 19.9 Å². The van der Waals surface area contributed by atoms with E-state index in [1.165, 1.54) is 23.6 Å². The van der Waals surface area contributed by atoms with E-state index in [0.29, 0.717) is 19.0 Å². The summed E-state index contributed by atoms with van der Waals surface area (Å²) >= 11 is 0. The van der Waals surface area contributed by atoms with E-state index in [1.54, 1.807) is 11.2 Å². The lowest BCUT2D eigenvalue weighted by atomic mass is 9.89. The van der Waals surface area contributed by atoms with Crippen LogP contribution in [0, 0.1) is 6.92 Å². The average Bonchev–Trinajstić information content (AvgIpc) is 3.37. The second-order valence-corrected chi connectivity index (χ2v) is 9.45. The third kappa shape index (κ3) is 3.67. The number of fused-ring (bicyclic) bond motifs is 2. The van der Waals surface area contributed by atoms with E-state index in [4.69, 9.17) is 5.11 Å². The number of likely N-dealkylation sites (N-methyl/N-ethyl adjacent to an activating group) is 1. The van der Waals surface area contributed by atoms with Gasteiger partial charge in [-0.05, 0) is 47.7 Å². The summed E-state index contributed by atoms with van der Waals surface area (Å²) in [7, 11) is 1.41. The van der Waals surface area contributed by atoms with Crippen LogP contribution in [-0.2, 0) is 4.79 Å². The number of aromatic amines is 1. The number of aromatic nitrogens is 4. The number of hydrogen-bond donors (Lipinski definition) is 2. The Morgan fingerprint density at radius 3 is 2.74 bits per heavy atom. The Morgan fingerprint density at radius 1 is 1.26 bits per heavy atom. The van der Waals surface area contributed by atoms with Crippen LogP contribution in [0.25, 0.3) is 27.8 Å². The minimum absolute atomic E-state index is 0.116. The fraction of sp³-hybridized carbons (Fsp3) is 0.360. The molecule has 0 bridgehead atoms. The van der Waals surface area contributed by atoms with Gasteiger partial charge in [0.1, 0.15) is 12.9 Å². The molecule has 1 fully saturated rings. The second-order valence-electron chi connectivity index (χ2n) is 9.45. The Labute approximate surface area is 197 Å². The summed E-state index contributed by atoms with van der Waals surface area (Å²) in [5.41, 5.74) is 7.60. The van der Waals surface area contributed by atoms with Crippen molar-refractivity contribution in [1.82, 2.24) is 29.4 Å². The molecular formula is C25H28N6O3. The molecule has 4 heterocycles. The number of benzene rings is 1. The van der Waals surface area contributed by atoms with Gasteiger partial charge in [-0.25, -0.2) is 14.3 Å². The standard InChI is InChI=1S/C25H28N6O3/c1-14(2)22-19-8-16(18-9-30(10-18)21(32)12-29(4)25(33)34)5-6-20(19)28-23(22)17-7-15(3)24-26-13-27-31(24)11-17/h5-8,11,13-14,18,28H,9-10,12H2,1-4H3,(H,33,34). The van der Waals surface area contributed by atoms with Crippen molar-refractivity contribution >= 4 is 28.6 Å². The Hall–Kier alpha value is -3.88. The Bertz CT molecular complexity index is 1410. The first kappa shape index (κ1) is 21.9. The molecule has 176 valence electrons. The van der Waals surface area contributed by atoms with Gasteiger partial charge >= 0.3 is 6.09 Å². The number of pyridine rings is 1. The maximum Gasteiger partial charge on any atom is 0.407 e. The molecule has 9 heteroatoms. The molecule has 0 saturated carbocycles. The van der Waals surface area contributed by atoms with E-state index in [2.05, 4.69) is 53.2 Å². The molecule has 9 nitrogen and oxygen atoms in total. The van der Waals surface area contributed by atoms with E-state index >= 15 is 0 Å². The third-order valence-electron chi connectivity index (χ3n) is 6.69. The topological polar surface area (TPSA) is 107 Å². The number of carbonyl (C=O) groups is 2. The number of nitrogens with zero attached hydrogens (tertiary/aromatic N) is 5. The minimum atomic E-state index is -1.10. The Kier molecular flexibility index (Phi) is 5.27. The highest BCUT2D eigenvalue weighted by Crippen LogP contribution is 2.38. The zero-order valence-electron chi connectivity index (χ0n) is 19.7. The highest BCUT2D eigenvalue weighted by Gasteiger charge is 2.33. The third-order valence-corrected chi connectivity index (χ3v) is 6.69. The summed E-state index contributed by atoms with van der Waals surface area (Å²) in [5.74, 6) is 0.389. The van der Waals surface area contributed by atoms with Crippen LogP contribution in [0.2, 0.25) is 0 Å². The molecule has 34 heavy (non-hydrogen) atoms. The monoisotopic (exact) mass is 460 g/mol. The van der Waals surface area contributed by atoms with Gasteiger partial charge in [0.2, 0.25) is 5.91 Å². The number of hydrogen-bond acceptors (Lipinski definition) is 4. The molecule has 0 unspecified atom stereocenters. The molecule has 1 aromatic carbocycles. The zero-order valence-corrected chi connectivity index (χ0v) is 19.7. The van der Waals surface area contributed by atoms with Crippen LogP contribution in [-0.4, -0.2) is 73.2 Å². The first-order valence-electron chi connectivity index (χ1n) is 11.4. The first-order valence-corrected chi connectivity index (χ1v) is 11.4. The summed E-state index contributed by atoms with van der Waals surface area (Å²) in [6.45, 7) is 7.53. The van der Waals surface area contributed by atoms with Crippen molar-refractivity contribution in [3.63, 3.8) is 0 Å². The van der Waals surface area contributed by atoms with Gasteiger partial charge in [-0.2, -0.15) is 5.10 Å². The molecule has 4 aromatic rings. The van der Waals surface area contributed by atoms with Crippen LogP contribution in [0.5, 0.6) is 0 Å². The molecule has 0 atom stereocenters. The van der Waals surface area contributed by atoms with E-state index in [9.17, 15) is 9.59 Å². The lowest BCUT2D eigenvalue weighted by molar-refractivity contribution is -0.136. The van der Waals surface area contributed by atoms with E-state index in [0.717, 1.165) is 32.9 Å². The molecule has 3 aromatic heterocycles. The fourth-order valence-corrected chi connectivity index (χ4v) is 4.81. The largest absolute Gasteiger partial charge is 0.465 e. The van der Waals surface area contributed by atoms with Crippen LogP contribution in [0.15, 0.2) is 36.8 Å². The predicted octanol–water partition coefficient (Wildman–Crippen LogP) is 3.85. The number of nitrogens with one attached hydrogen (secondary N) is 1. The van der Waals surface area contributed by atoms with Crippen molar-refractivity contribution in [3.8, 4) is 11.3 Å². The van der Waals surface area contributed by atoms with Gasteiger partial charge in [-0.3, -0.25) is 4.79 Å². The van der Waals surface area contributed by atoms with Crippen LogP contribution in [0.3, 0.4) is 0 Å². The molecule has 1 saturated heterocycles. The van der Waals surface area contributed by atoms with Crippen molar-refractivity contribution in [3.05, 3.63) is 53.5 Å². The highest BCUT2D eigenvalue weighted by atomic mass is 16.4. The second kappa shape index (κ2) is 8.16. The first-order chi connectivity index (χ1) is 16.2. The number of carboxylic acid groups (broad SMARTS) is 1. The van der Waals surface area contributed by atoms with Gasteiger partial charge in [0.15, 0.2) is 5.65 Å². The molecule has 1 aliphatic heterocycles. The number of likely N-dealkylation sites (tertiary alicyclic amines) is 1. The predicted molar refractivity (Wildman–Crippen MR) is 129 cm³/mol. The van der Waals surface area contributed by atoms with E-state index < -0.39 is 6.09 Å². The van der Waals surface area contributed by atoms with Gasteiger partial charge in [-0.1, -0.05) is 19.9 Å². The van der Waals surface area contributed by atoms with Gasteiger partial charge in [0.25, 0.3) is 0 Å². The molecule has 0 radical (unpaired) electrons. The number of carbonyl (C=O) groups excluding carboxylic acids is 1. The summed E-state index contributed by atoms with van der Waals surface area (Å²) in [4.78, 5) is 34.0. The normalized spacial score (nSPS) is 14.2. The van der Waals surface area contributed by atoms with Crippen molar-refractivity contribution in [2.24, 2.45) is 0 Å². The van der Waals surface area contributed by atoms with Crippen molar-refractivity contribution < 1.29 is 14.7 Å². The lowest BCUT2D eigenvalue weighted by Gasteiger charge is -2.40. The summed E-state index contributed by atoms with van der Waals surface area (Å²) < 4.78 is 1.81. The highest BCUT2D eigenvalue weighted by molar-refractivity contribution is 5.92. The van der Waals surface area contributed by atoms with Crippen LogP contribution in [0.1, 0.15) is 42.4 Å². The molecule has 0 aliphatic carbocycles. The maximum absolute atomic E-state index is 12.3. The maximum atomic E-state index is 12.3. The van der Waals surface area contributed by atoms with Crippen molar-refractivity contribution in [2.45, 2.75) is 32.6 Å². The number of aryl methyl sites for hydroxylation is 1. The number of amides is 2. The van der Waals surface area contributed by atoms with E-state index in [1.807, 2.05) is 17.6 Å². The Morgan fingerprint density at radius 2 is 2.03 bits per heavy atom. The molecule has 0 spiro atoms.